The van der Waals surface area contributed by atoms with Crippen LogP contribution in [-0.2, 0) is 4.79 Å². The molecule has 0 unspecified atom stereocenters. The summed E-state index contributed by atoms with van der Waals surface area (Å²) in [6, 6.07) is 0. The van der Waals surface area contributed by atoms with Gasteiger partial charge in [0.05, 0.1) is 6.54 Å². The fraction of sp³-hybridized carbons (Fsp3) is 0.600. The maximum atomic E-state index is 11.4. The van der Waals surface area contributed by atoms with E-state index in [0.717, 1.165) is 26.1 Å². The van der Waals surface area contributed by atoms with Crippen molar-refractivity contribution in [3.63, 3.8) is 0 Å². The Bertz CT molecular complexity index is 260. The minimum atomic E-state index is -0.0450. The van der Waals surface area contributed by atoms with Gasteiger partial charge < -0.3 is 16.0 Å². The molecule has 0 aromatic heterocycles. The highest BCUT2D eigenvalue weighted by Gasteiger charge is 2.04. The van der Waals surface area contributed by atoms with Crippen LogP contribution >= 0.6 is 0 Å². The van der Waals surface area contributed by atoms with Gasteiger partial charge in [-0.25, -0.2) is 0 Å². The SMILES string of the molecule is CNCCNCC(=O)NC1=NCCC=C1. The van der Waals surface area contributed by atoms with Gasteiger partial charge in [-0.05, 0) is 19.5 Å². The van der Waals surface area contributed by atoms with Crippen LogP contribution in [0.2, 0.25) is 0 Å². The molecule has 0 atom stereocenters. The molecule has 3 N–H and O–H groups in total. The molecule has 1 heterocycles. The molecule has 0 saturated carbocycles. The van der Waals surface area contributed by atoms with Crippen LogP contribution in [0.5, 0.6) is 0 Å². The van der Waals surface area contributed by atoms with Crippen LogP contribution < -0.4 is 16.0 Å². The van der Waals surface area contributed by atoms with E-state index < -0.39 is 0 Å². The Hall–Kier alpha value is -1.20. The molecule has 0 spiro atoms. The summed E-state index contributed by atoms with van der Waals surface area (Å²) in [4.78, 5) is 15.5. The lowest BCUT2D eigenvalue weighted by molar-refractivity contribution is -0.118. The summed E-state index contributed by atoms with van der Waals surface area (Å²) in [5.41, 5.74) is 0. The van der Waals surface area contributed by atoms with Crippen molar-refractivity contribution in [2.75, 3.05) is 33.2 Å². The van der Waals surface area contributed by atoms with Crippen molar-refractivity contribution in [1.82, 2.24) is 16.0 Å². The minimum absolute atomic E-state index is 0.0450. The minimum Gasteiger partial charge on any atom is -0.318 e. The van der Waals surface area contributed by atoms with Crippen LogP contribution in [0.1, 0.15) is 6.42 Å². The van der Waals surface area contributed by atoms with E-state index in [0.29, 0.717) is 12.4 Å². The number of likely N-dealkylation sites (N-methyl/N-ethyl adjacent to an activating group) is 1. The van der Waals surface area contributed by atoms with E-state index in [1.807, 2.05) is 19.2 Å². The van der Waals surface area contributed by atoms with Gasteiger partial charge in [-0.2, -0.15) is 0 Å². The highest BCUT2D eigenvalue weighted by molar-refractivity contribution is 6.05. The zero-order valence-corrected chi connectivity index (χ0v) is 9.05. The Labute approximate surface area is 90.0 Å². The van der Waals surface area contributed by atoms with Crippen molar-refractivity contribution in [1.29, 1.82) is 0 Å². The van der Waals surface area contributed by atoms with Crippen LogP contribution in [0.4, 0.5) is 0 Å². The quantitative estimate of drug-likeness (QED) is 0.524. The topological polar surface area (TPSA) is 65.5 Å². The Morgan fingerprint density at radius 3 is 3.07 bits per heavy atom. The maximum Gasteiger partial charge on any atom is 0.239 e. The number of hydrogen-bond acceptors (Lipinski definition) is 4. The molecule has 0 bridgehead atoms. The predicted molar refractivity (Wildman–Crippen MR) is 61.0 cm³/mol. The largest absolute Gasteiger partial charge is 0.318 e. The fourth-order valence-corrected chi connectivity index (χ4v) is 1.19. The first kappa shape index (κ1) is 11.9. The van der Waals surface area contributed by atoms with Gasteiger partial charge in [0.15, 0.2) is 0 Å². The normalized spacial score (nSPS) is 14.9. The molecule has 1 aliphatic heterocycles. The summed E-state index contributed by atoms with van der Waals surface area (Å²) in [5.74, 6) is 0.623. The van der Waals surface area contributed by atoms with Crippen molar-refractivity contribution in [2.24, 2.45) is 4.99 Å². The number of nitrogens with zero attached hydrogens (tertiary/aromatic N) is 1. The van der Waals surface area contributed by atoms with E-state index in [1.165, 1.54) is 0 Å². The molecule has 1 rings (SSSR count). The van der Waals surface area contributed by atoms with Crippen LogP contribution in [0, 0.1) is 0 Å². The standard InChI is InChI=1S/C10H18N4O/c1-11-6-7-12-8-10(15)14-9-4-2-3-5-13-9/h2,4,11-12H,3,5-8H2,1H3,(H,13,14,15). The van der Waals surface area contributed by atoms with Gasteiger partial charge in [-0.1, -0.05) is 6.08 Å². The number of hydrogen-bond donors (Lipinski definition) is 3. The molecule has 0 aliphatic carbocycles. The third-order valence-electron chi connectivity index (χ3n) is 1.96. The smallest absolute Gasteiger partial charge is 0.239 e. The third kappa shape index (κ3) is 5.29. The number of dihydropyridines is 1. The van der Waals surface area contributed by atoms with Gasteiger partial charge in [-0.15, -0.1) is 0 Å². The number of amides is 1. The van der Waals surface area contributed by atoms with Crippen molar-refractivity contribution in [3.8, 4) is 0 Å². The number of rotatable bonds is 5. The number of nitrogens with one attached hydrogen (secondary N) is 3. The van der Waals surface area contributed by atoms with Crippen LogP contribution in [0.25, 0.3) is 0 Å². The number of carbonyl (C=O) groups is 1. The zero-order chi connectivity index (χ0) is 10.9. The summed E-state index contributed by atoms with van der Waals surface area (Å²) < 4.78 is 0. The lowest BCUT2D eigenvalue weighted by Gasteiger charge is -2.08. The third-order valence-corrected chi connectivity index (χ3v) is 1.96. The van der Waals surface area contributed by atoms with E-state index in [2.05, 4.69) is 20.9 Å². The molecule has 0 aromatic rings. The van der Waals surface area contributed by atoms with Crippen LogP contribution in [0.3, 0.4) is 0 Å². The maximum absolute atomic E-state index is 11.4. The van der Waals surface area contributed by atoms with Crippen molar-refractivity contribution in [3.05, 3.63) is 12.2 Å². The average molecular weight is 210 g/mol. The monoisotopic (exact) mass is 210 g/mol. The molecule has 84 valence electrons. The summed E-state index contributed by atoms with van der Waals surface area (Å²) >= 11 is 0. The highest BCUT2D eigenvalue weighted by Crippen LogP contribution is 1.93. The summed E-state index contributed by atoms with van der Waals surface area (Å²) in [6.45, 7) is 2.73. The molecule has 15 heavy (non-hydrogen) atoms. The molecule has 1 aliphatic rings. The first-order valence-corrected chi connectivity index (χ1v) is 5.19. The Balaban J connectivity index is 2.12. The number of amidine groups is 1. The van der Waals surface area contributed by atoms with Crippen LogP contribution in [0.15, 0.2) is 17.1 Å². The summed E-state index contributed by atoms with van der Waals surface area (Å²) in [5, 5.41) is 8.75. The predicted octanol–water partition coefficient (Wildman–Crippen LogP) is -0.730. The second kappa shape index (κ2) is 7.14. The first-order valence-electron chi connectivity index (χ1n) is 5.19. The van der Waals surface area contributed by atoms with Gasteiger partial charge in [-0.3, -0.25) is 9.79 Å². The van der Waals surface area contributed by atoms with Gasteiger partial charge in [0.25, 0.3) is 0 Å². The molecular formula is C10H18N4O. The molecule has 1 amide bonds. The molecule has 5 heteroatoms. The number of carbonyl (C=O) groups excluding carboxylic acids is 1. The zero-order valence-electron chi connectivity index (χ0n) is 9.05. The number of aliphatic imine (C=N–C) groups is 1. The van der Waals surface area contributed by atoms with Crippen molar-refractivity contribution >= 4 is 11.7 Å². The van der Waals surface area contributed by atoms with E-state index >= 15 is 0 Å². The first-order chi connectivity index (χ1) is 7.33. The highest BCUT2D eigenvalue weighted by atomic mass is 16.1. The Kier molecular flexibility index (Phi) is 5.65. The van der Waals surface area contributed by atoms with E-state index in [-0.39, 0.29) is 5.91 Å². The lowest BCUT2D eigenvalue weighted by Crippen LogP contribution is -2.39. The second-order valence-electron chi connectivity index (χ2n) is 3.29. The van der Waals surface area contributed by atoms with E-state index in [4.69, 9.17) is 0 Å². The van der Waals surface area contributed by atoms with Gasteiger partial charge in [0.2, 0.25) is 5.91 Å². The average Bonchev–Trinajstić information content (AvgIpc) is 2.26. The lowest BCUT2D eigenvalue weighted by atomic mass is 10.3. The van der Waals surface area contributed by atoms with Gasteiger partial charge in [0.1, 0.15) is 5.84 Å². The Morgan fingerprint density at radius 2 is 2.40 bits per heavy atom. The van der Waals surface area contributed by atoms with Crippen LogP contribution in [-0.4, -0.2) is 45.0 Å². The molecule has 0 saturated heterocycles. The fourth-order valence-electron chi connectivity index (χ4n) is 1.19. The van der Waals surface area contributed by atoms with Crippen molar-refractivity contribution < 1.29 is 4.79 Å². The molecular weight excluding hydrogens is 192 g/mol. The molecule has 0 fully saturated rings. The molecule has 5 nitrogen and oxygen atoms in total. The van der Waals surface area contributed by atoms with E-state index in [1.54, 1.807) is 0 Å². The summed E-state index contributed by atoms with van der Waals surface area (Å²) in [7, 11) is 1.88. The van der Waals surface area contributed by atoms with Gasteiger partial charge in [0, 0.05) is 19.6 Å². The molecule has 0 radical (unpaired) electrons. The van der Waals surface area contributed by atoms with Gasteiger partial charge >= 0.3 is 0 Å². The Morgan fingerprint density at radius 1 is 1.53 bits per heavy atom. The van der Waals surface area contributed by atoms with Crippen molar-refractivity contribution in [2.45, 2.75) is 6.42 Å². The second-order valence-corrected chi connectivity index (χ2v) is 3.29. The molecule has 0 aromatic carbocycles. The van der Waals surface area contributed by atoms with E-state index in [9.17, 15) is 4.79 Å². The summed E-state index contributed by atoms with van der Waals surface area (Å²) in [6.07, 6.45) is 4.81.